The monoisotopic (exact) mass is 142 g/mol. The lowest BCUT2D eigenvalue weighted by atomic mass is 10.3. The van der Waals surface area contributed by atoms with Gasteiger partial charge in [0.1, 0.15) is 0 Å². The number of carbonyl (C=O) groups is 2. The Kier molecular flexibility index (Phi) is 5.33. The minimum atomic E-state index is -0.608. The molecule has 0 radical (unpaired) electrons. The average molecular weight is 142 g/mol. The largest absolute Gasteiger partial charge is 0.392 e. The minimum absolute atomic E-state index is 0.124. The Balaban J connectivity index is 3.45. The van der Waals surface area contributed by atoms with Crippen LogP contribution in [-0.4, -0.2) is 12.4 Å². The molecule has 0 bridgehead atoms. The molecule has 0 spiro atoms. The molecule has 0 heterocycles. The van der Waals surface area contributed by atoms with E-state index in [1.807, 2.05) is 6.92 Å². The summed E-state index contributed by atoms with van der Waals surface area (Å²) in [4.78, 5) is 19.9. The summed E-state index contributed by atoms with van der Waals surface area (Å²) in [6.07, 6.45) is 4.72. The highest BCUT2D eigenvalue weighted by atomic mass is 16.6. The fourth-order valence-electron chi connectivity index (χ4n) is 0.433. The van der Waals surface area contributed by atoms with Gasteiger partial charge < -0.3 is 4.74 Å². The van der Waals surface area contributed by atoms with Crippen LogP contribution >= 0.6 is 0 Å². The first-order valence-electron chi connectivity index (χ1n) is 3.12. The van der Waals surface area contributed by atoms with Crippen LogP contribution in [0.4, 0.5) is 0 Å². The van der Waals surface area contributed by atoms with E-state index in [9.17, 15) is 9.59 Å². The Morgan fingerprint density at radius 1 is 1.60 bits per heavy atom. The number of hydrogen-bond donors (Lipinski definition) is 0. The number of unbranched alkanes of at least 4 members (excludes halogenated alkanes) is 1. The van der Waals surface area contributed by atoms with Gasteiger partial charge in [0, 0.05) is 6.08 Å². The van der Waals surface area contributed by atoms with Crippen molar-refractivity contribution in [3.05, 3.63) is 12.2 Å². The van der Waals surface area contributed by atoms with Crippen LogP contribution in [0.25, 0.3) is 0 Å². The van der Waals surface area contributed by atoms with Gasteiger partial charge >= 0.3 is 12.4 Å². The second kappa shape index (κ2) is 6.01. The number of hydrogen-bond acceptors (Lipinski definition) is 3. The molecule has 0 unspecified atom stereocenters. The van der Waals surface area contributed by atoms with E-state index in [1.165, 1.54) is 6.08 Å². The van der Waals surface area contributed by atoms with Gasteiger partial charge in [0.15, 0.2) is 0 Å². The SMILES string of the molecule is CCCC=CC(=O)OC=O. The zero-order valence-corrected chi connectivity index (χ0v) is 5.87. The van der Waals surface area contributed by atoms with Crippen LogP contribution in [0.3, 0.4) is 0 Å². The van der Waals surface area contributed by atoms with E-state index in [0.717, 1.165) is 12.8 Å². The predicted molar refractivity (Wildman–Crippen MR) is 36.2 cm³/mol. The zero-order valence-electron chi connectivity index (χ0n) is 5.87. The highest BCUT2D eigenvalue weighted by Gasteiger charge is 1.90. The first kappa shape index (κ1) is 8.88. The van der Waals surface area contributed by atoms with Gasteiger partial charge in [-0.1, -0.05) is 19.4 Å². The van der Waals surface area contributed by atoms with Crippen LogP contribution < -0.4 is 0 Å². The average Bonchev–Trinajstić information content (AvgIpc) is 1.89. The molecule has 10 heavy (non-hydrogen) atoms. The Labute approximate surface area is 59.7 Å². The maximum Gasteiger partial charge on any atom is 0.337 e. The van der Waals surface area contributed by atoms with Crippen molar-refractivity contribution in [3.63, 3.8) is 0 Å². The van der Waals surface area contributed by atoms with Crippen molar-refractivity contribution in [1.82, 2.24) is 0 Å². The standard InChI is InChI=1S/C7H10O3/c1-2-3-4-5-7(9)10-6-8/h4-6H,2-3H2,1H3. The molecule has 0 saturated heterocycles. The van der Waals surface area contributed by atoms with E-state index in [2.05, 4.69) is 4.74 Å². The van der Waals surface area contributed by atoms with Crippen molar-refractivity contribution < 1.29 is 14.3 Å². The number of ether oxygens (including phenoxy) is 1. The molecule has 0 aliphatic heterocycles. The Morgan fingerprint density at radius 3 is 2.80 bits per heavy atom. The Morgan fingerprint density at radius 2 is 2.30 bits per heavy atom. The first-order valence-corrected chi connectivity index (χ1v) is 3.12. The second-order valence-electron chi connectivity index (χ2n) is 1.72. The molecule has 0 aromatic heterocycles. The van der Waals surface area contributed by atoms with Crippen molar-refractivity contribution >= 4 is 12.4 Å². The third-order valence-corrected chi connectivity index (χ3v) is 0.874. The van der Waals surface area contributed by atoms with Crippen molar-refractivity contribution in [3.8, 4) is 0 Å². The minimum Gasteiger partial charge on any atom is -0.392 e. The molecular weight excluding hydrogens is 132 g/mol. The summed E-state index contributed by atoms with van der Waals surface area (Å²) in [5.74, 6) is -0.608. The fourth-order valence-corrected chi connectivity index (χ4v) is 0.433. The van der Waals surface area contributed by atoms with Gasteiger partial charge in [-0.2, -0.15) is 0 Å². The molecule has 3 nitrogen and oxygen atoms in total. The van der Waals surface area contributed by atoms with Crippen LogP contribution in [0.5, 0.6) is 0 Å². The molecule has 0 aliphatic rings. The number of rotatable bonds is 4. The van der Waals surface area contributed by atoms with Gasteiger partial charge in [-0.15, -0.1) is 0 Å². The lowest BCUT2D eigenvalue weighted by molar-refractivity contribution is -0.147. The Bertz CT molecular complexity index is 138. The normalized spacial score (nSPS) is 9.70. The highest BCUT2D eigenvalue weighted by Crippen LogP contribution is 1.88. The topological polar surface area (TPSA) is 43.4 Å². The van der Waals surface area contributed by atoms with Gasteiger partial charge in [-0.05, 0) is 6.42 Å². The summed E-state index contributed by atoms with van der Waals surface area (Å²) in [6.45, 7) is 2.12. The first-order chi connectivity index (χ1) is 4.81. The van der Waals surface area contributed by atoms with Gasteiger partial charge in [0.25, 0.3) is 0 Å². The van der Waals surface area contributed by atoms with E-state index in [0.29, 0.717) is 0 Å². The summed E-state index contributed by atoms with van der Waals surface area (Å²) < 4.78 is 3.98. The number of carbonyl (C=O) groups excluding carboxylic acids is 2. The quantitative estimate of drug-likeness (QED) is 0.255. The molecule has 0 rings (SSSR count). The summed E-state index contributed by atoms with van der Waals surface area (Å²) in [7, 11) is 0. The van der Waals surface area contributed by atoms with Gasteiger partial charge in [-0.25, -0.2) is 4.79 Å². The molecule has 3 heteroatoms. The predicted octanol–water partition coefficient (Wildman–Crippen LogP) is 1.04. The molecule has 56 valence electrons. The van der Waals surface area contributed by atoms with Crippen molar-refractivity contribution in [2.75, 3.05) is 0 Å². The van der Waals surface area contributed by atoms with Crippen LogP contribution in [0, 0.1) is 0 Å². The van der Waals surface area contributed by atoms with E-state index in [1.54, 1.807) is 6.08 Å². The summed E-state index contributed by atoms with van der Waals surface area (Å²) in [6, 6.07) is 0. The third-order valence-electron chi connectivity index (χ3n) is 0.874. The maximum absolute atomic E-state index is 10.4. The summed E-state index contributed by atoms with van der Waals surface area (Å²) in [5.41, 5.74) is 0. The summed E-state index contributed by atoms with van der Waals surface area (Å²) in [5, 5.41) is 0. The lowest BCUT2D eigenvalue weighted by Crippen LogP contribution is -1.96. The number of esters is 1. The van der Waals surface area contributed by atoms with E-state index in [4.69, 9.17) is 0 Å². The molecular formula is C7H10O3. The van der Waals surface area contributed by atoms with E-state index < -0.39 is 5.97 Å². The smallest absolute Gasteiger partial charge is 0.337 e. The summed E-state index contributed by atoms with van der Waals surface area (Å²) >= 11 is 0. The van der Waals surface area contributed by atoms with Gasteiger partial charge in [0.05, 0.1) is 0 Å². The highest BCUT2D eigenvalue weighted by molar-refractivity contribution is 5.86. The van der Waals surface area contributed by atoms with Crippen molar-refractivity contribution in [1.29, 1.82) is 0 Å². The van der Waals surface area contributed by atoms with Crippen LogP contribution in [0.1, 0.15) is 19.8 Å². The van der Waals surface area contributed by atoms with E-state index >= 15 is 0 Å². The molecule has 0 fully saturated rings. The van der Waals surface area contributed by atoms with Crippen molar-refractivity contribution in [2.24, 2.45) is 0 Å². The van der Waals surface area contributed by atoms with Crippen LogP contribution in [0.2, 0.25) is 0 Å². The van der Waals surface area contributed by atoms with Crippen LogP contribution in [-0.2, 0) is 14.3 Å². The molecule has 0 aromatic carbocycles. The van der Waals surface area contributed by atoms with Gasteiger partial charge in [0.2, 0.25) is 0 Å². The molecule has 0 saturated carbocycles. The zero-order chi connectivity index (χ0) is 7.82. The molecule has 0 aromatic rings. The van der Waals surface area contributed by atoms with Crippen molar-refractivity contribution in [2.45, 2.75) is 19.8 Å². The maximum atomic E-state index is 10.4. The van der Waals surface area contributed by atoms with E-state index in [-0.39, 0.29) is 6.47 Å². The second-order valence-corrected chi connectivity index (χ2v) is 1.72. The Hall–Kier alpha value is -1.12. The molecule has 0 aliphatic carbocycles. The van der Waals surface area contributed by atoms with Crippen LogP contribution in [0.15, 0.2) is 12.2 Å². The third kappa shape index (κ3) is 5.03. The molecule has 0 amide bonds. The molecule has 0 atom stereocenters. The number of allylic oxidation sites excluding steroid dienone is 1. The molecule has 0 N–H and O–H groups in total. The lowest BCUT2D eigenvalue weighted by Gasteiger charge is -1.86. The fraction of sp³-hybridized carbons (Fsp3) is 0.429. The van der Waals surface area contributed by atoms with Gasteiger partial charge in [-0.3, -0.25) is 4.79 Å².